The van der Waals surface area contributed by atoms with Crippen molar-refractivity contribution < 1.29 is 9.53 Å². The number of carbonyl (C=O) groups is 1. The third-order valence-electron chi connectivity index (χ3n) is 4.18. The second-order valence-corrected chi connectivity index (χ2v) is 6.55. The van der Waals surface area contributed by atoms with Crippen LogP contribution in [-0.4, -0.2) is 23.0 Å². The molecule has 3 atom stereocenters. The summed E-state index contributed by atoms with van der Waals surface area (Å²) in [5, 5.41) is 0.939. The fraction of sp³-hybridized carbons (Fsp3) is 0.467. The van der Waals surface area contributed by atoms with Crippen LogP contribution in [0.4, 0.5) is 0 Å². The first-order valence-electron chi connectivity index (χ1n) is 6.82. The first-order chi connectivity index (χ1) is 9.29. The average molecular weight is 273 g/mol. The van der Waals surface area contributed by atoms with Gasteiger partial charge in [-0.05, 0) is 31.4 Å². The SMILES string of the molecule is O=C(Cc1nc2ccccc2s1)C1CC2CCC1O2. The number of para-hydroxylation sites is 1. The summed E-state index contributed by atoms with van der Waals surface area (Å²) in [6.07, 6.45) is 4.11. The molecule has 1 aromatic heterocycles. The minimum Gasteiger partial charge on any atom is -0.374 e. The average Bonchev–Trinajstić information content (AvgIpc) is 3.12. The number of ketones is 1. The van der Waals surface area contributed by atoms with Gasteiger partial charge in [-0.25, -0.2) is 4.98 Å². The molecule has 19 heavy (non-hydrogen) atoms. The lowest BCUT2D eigenvalue weighted by atomic mass is 9.85. The molecule has 3 heterocycles. The summed E-state index contributed by atoms with van der Waals surface area (Å²) in [6.45, 7) is 0. The zero-order chi connectivity index (χ0) is 12.8. The predicted molar refractivity (Wildman–Crippen MR) is 74.3 cm³/mol. The fourth-order valence-corrected chi connectivity index (χ4v) is 4.23. The van der Waals surface area contributed by atoms with Gasteiger partial charge in [0.15, 0.2) is 0 Å². The molecule has 3 nitrogen and oxygen atoms in total. The zero-order valence-electron chi connectivity index (χ0n) is 10.5. The topological polar surface area (TPSA) is 39.2 Å². The molecule has 2 bridgehead atoms. The maximum absolute atomic E-state index is 12.4. The van der Waals surface area contributed by atoms with E-state index >= 15 is 0 Å². The lowest BCUT2D eigenvalue weighted by molar-refractivity contribution is -0.123. The molecular weight excluding hydrogens is 258 g/mol. The van der Waals surface area contributed by atoms with E-state index in [-0.39, 0.29) is 12.0 Å². The maximum atomic E-state index is 12.4. The van der Waals surface area contributed by atoms with Crippen LogP contribution in [0.15, 0.2) is 24.3 Å². The standard InChI is InChI=1S/C15H15NO2S/c17-12(10-7-9-5-6-13(10)18-9)8-15-16-11-3-1-2-4-14(11)19-15/h1-4,9-10,13H,5-8H2. The van der Waals surface area contributed by atoms with E-state index in [1.165, 1.54) is 0 Å². The van der Waals surface area contributed by atoms with Crippen molar-refractivity contribution in [1.29, 1.82) is 0 Å². The smallest absolute Gasteiger partial charge is 0.145 e. The molecule has 0 amide bonds. The number of aromatic nitrogens is 1. The molecule has 0 spiro atoms. The van der Waals surface area contributed by atoms with Gasteiger partial charge in [-0.1, -0.05) is 12.1 Å². The molecule has 2 saturated heterocycles. The molecule has 2 aliphatic rings. The van der Waals surface area contributed by atoms with Crippen molar-refractivity contribution in [2.75, 3.05) is 0 Å². The van der Waals surface area contributed by atoms with Gasteiger partial charge < -0.3 is 4.74 Å². The number of ether oxygens (including phenoxy) is 1. The largest absolute Gasteiger partial charge is 0.374 e. The molecule has 0 radical (unpaired) electrons. The Labute approximate surface area is 115 Å². The Morgan fingerprint density at radius 2 is 2.26 bits per heavy atom. The molecule has 4 heteroatoms. The Kier molecular flexibility index (Phi) is 2.67. The highest BCUT2D eigenvalue weighted by Crippen LogP contribution is 2.39. The van der Waals surface area contributed by atoms with Crippen LogP contribution in [-0.2, 0) is 16.0 Å². The molecule has 4 rings (SSSR count). The Morgan fingerprint density at radius 1 is 1.37 bits per heavy atom. The van der Waals surface area contributed by atoms with Gasteiger partial charge in [-0.2, -0.15) is 0 Å². The fourth-order valence-electron chi connectivity index (χ4n) is 3.25. The van der Waals surface area contributed by atoms with Crippen LogP contribution in [0.5, 0.6) is 0 Å². The Balaban J connectivity index is 1.53. The number of hydrogen-bond acceptors (Lipinski definition) is 4. The van der Waals surface area contributed by atoms with E-state index in [4.69, 9.17) is 4.74 Å². The van der Waals surface area contributed by atoms with Crippen LogP contribution in [0, 0.1) is 5.92 Å². The minimum atomic E-state index is 0.116. The van der Waals surface area contributed by atoms with Gasteiger partial charge in [0.25, 0.3) is 0 Å². The molecule has 98 valence electrons. The van der Waals surface area contributed by atoms with Gasteiger partial charge in [0, 0.05) is 5.92 Å². The summed E-state index contributed by atoms with van der Waals surface area (Å²) in [4.78, 5) is 16.9. The van der Waals surface area contributed by atoms with Gasteiger partial charge in [0.05, 0.1) is 28.8 Å². The highest BCUT2D eigenvalue weighted by Gasteiger charge is 2.44. The number of nitrogens with zero attached hydrogens (tertiary/aromatic N) is 1. The van der Waals surface area contributed by atoms with E-state index in [0.717, 1.165) is 34.5 Å². The van der Waals surface area contributed by atoms with E-state index in [0.29, 0.717) is 18.3 Å². The van der Waals surface area contributed by atoms with Crippen molar-refractivity contribution in [3.8, 4) is 0 Å². The lowest BCUT2D eigenvalue weighted by Gasteiger charge is -2.16. The number of carbonyl (C=O) groups excluding carboxylic acids is 1. The van der Waals surface area contributed by atoms with Crippen molar-refractivity contribution in [3.05, 3.63) is 29.3 Å². The van der Waals surface area contributed by atoms with Crippen LogP contribution >= 0.6 is 11.3 Å². The number of thiazole rings is 1. The summed E-state index contributed by atoms with van der Waals surface area (Å²) in [5.41, 5.74) is 1.000. The summed E-state index contributed by atoms with van der Waals surface area (Å²) < 4.78 is 6.93. The molecule has 1 aromatic carbocycles. The van der Waals surface area contributed by atoms with Crippen LogP contribution < -0.4 is 0 Å². The van der Waals surface area contributed by atoms with Gasteiger partial charge in [-0.3, -0.25) is 4.79 Å². The molecule has 2 fully saturated rings. The molecule has 0 aliphatic carbocycles. The van der Waals surface area contributed by atoms with E-state index in [2.05, 4.69) is 11.1 Å². The number of Topliss-reactive ketones (excluding diaryl/α,β-unsaturated/α-hetero) is 1. The van der Waals surface area contributed by atoms with E-state index in [1.807, 2.05) is 18.2 Å². The van der Waals surface area contributed by atoms with E-state index in [9.17, 15) is 4.79 Å². The van der Waals surface area contributed by atoms with Crippen molar-refractivity contribution in [3.63, 3.8) is 0 Å². The normalized spacial score (nSPS) is 29.2. The molecule has 0 saturated carbocycles. The maximum Gasteiger partial charge on any atom is 0.145 e. The second kappa shape index (κ2) is 4.39. The summed E-state index contributed by atoms with van der Waals surface area (Å²) in [5.74, 6) is 0.428. The van der Waals surface area contributed by atoms with Crippen molar-refractivity contribution >= 4 is 27.3 Å². The molecule has 0 N–H and O–H groups in total. The van der Waals surface area contributed by atoms with Crippen molar-refractivity contribution in [1.82, 2.24) is 4.98 Å². The highest BCUT2D eigenvalue weighted by molar-refractivity contribution is 7.18. The molecule has 2 aromatic rings. The first kappa shape index (κ1) is 11.6. The van der Waals surface area contributed by atoms with Gasteiger partial charge in [-0.15, -0.1) is 11.3 Å². The van der Waals surface area contributed by atoms with Gasteiger partial charge >= 0.3 is 0 Å². The number of fused-ring (bicyclic) bond motifs is 3. The van der Waals surface area contributed by atoms with Gasteiger partial charge in [0.1, 0.15) is 10.8 Å². The number of benzene rings is 1. The molecule has 2 aliphatic heterocycles. The summed E-state index contributed by atoms with van der Waals surface area (Å²) in [6, 6.07) is 8.05. The van der Waals surface area contributed by atoms with Crippen LogP contribution in [0.3, 0.4) is 0 Å². The summed E-state index contributed by atoms with van der Waals surface area (Å²) >= 11 is 1.63. The van der Waals surface area contributed by atoms with E-state index < -0.39 is 0 Å². The quantitative estimate of drug-likeness (QED) is 0.863. The molecule has 3 unspecified atom stereocenters. The molecular formula is C15H15NO2S. The van der Waals surface area contributed by atoms with E-state index in [1.54, 1.807) is 11.3 Å². The Morgan fingerprint density at radius 3 is 3.00 bits per heavy atom. The third kappa shape index (κ3) is 1.99. The number of hydrogen-bond donors (Lipinski definition) is 0. The lowest BCUT2D eigenvalue weighted by Crippen LogP contribution is -2.26. The van der Waals surface area contributed by atoms with Crippen LogP contribution in [0.25, 0.3) is 10.2 Å². The second-order valence-electron chi connectivity index (χ2n) is 5.43. The van der Waals surface area contributed by atoms with Gasteiger partial charge in [0.2, 0.25) is 0 Å². The Bertz CT molecular complexity index is 603. The van der Waals surface area contributed by atoms with Crippen LogP contribution in [0.1, 0.15) is 24.3 Å². The highest BCUT2D eigenvalue weighted by atomic mass is 32.1. The van der Waals surface area contributed by atoms with Crippen LogP contribution in [0.2, 0.25) is 0 Å². The minimum absolute atomic E-state index is 0.116. The monoisotopic (exact) mass is 273 g/mol. The summed E-state index contributed by atoms with van der Waals surface area (Å²) in [7, 11) is 0. The number of rotatable bonds is 3. The predicted octanol–water partition coefficient (Wildman–Crippen LogP) is 2.98. The third-order valence-corrected chi connectivity index (χ3v) is 5.22. The zero-order valence-corrected chi connectivity index (χ0v) is 11.4. The van der Waals surface area contributed by atoms with Crippen molar-refractivity contribution in [2.24, 2.45) is 5.92 Å². The Hall–Kier alpha value is -1.26. The van der Waals surface area contributed by atoms with Crippen molar-refractivity contribution in [2.45, 2.75) is 37.9 Å². The first-order valence-corrected chi connectivity index (χ1v) is 7.64.